The molecule has 0 spiro atoms. The summed E-state index contributed by atoms with van der Waals surface area (Å²) in [6, 6.07) is 8.20. The summed E-state index contributed by atoms with van der Waals surface area (Å²) in [6.45, 7) is 3.14. The minimum absolute atomic E-state index is 0.0624. The number of ether oxygens (including phenoxy) is 2. The first-order chi connectivity index (χ1) is 13.5. The topological polar surface area (TPSA) is 89.3 Å². The number of hydrogen-bond acceptors (Lipinski definition) is 6. The van der Waals surface area contributed by atoms with Crippen LogP contribution in [0.4, 0.5) is 4.79 Å². The third-order valence-corrected chi connectivity index (χ3v) is 4.88. The van der Waals surface area contributed by atoms with Crippen molar-refractivity contribution >= 4 is 23.0 Å². The van der Waals surface area contributed by atoms with Crippen molar-refractivity contribution in [3.8, 4) is 5.75 Å². The molecule has 0 radical (unpaired) electrons. The Labute approximate surface area is 162 Å². The monoisotopic (exact) mass is 388 g/mol. The van der Waals surface area contributed by atoms with Gasteiger partial charge in [-0.3, -0.25) is 4.79 Å². The zero-order chi connectivity index (χ0) is 20.1. The molecule has 2 amide bonds. The second-order valence-electron chi connectivity index (χ2n) is 6.66. The van der Waals surface area contributed by atoms with Crippen LogP contribution >= 0.6 is 0 Å². The molecule has 1 fully saturated rings. The molecule has 8 nitrogen and oxygen atoms in total. The van der Waals surface area contributed by atoms with Crippen LogP contribution in [0.3, 0.4) is 0 Å². The lowest BCUT2D eigenvalue weighted by molar-refractivity contribution is -0.134. The second-order valence-corrected chi connectivity index (χ2v) is 6.66. The van der Waals surface area contributed by atoms with Crippen molar-refractivity contribution in [1.29, 1.82) is 0 Å². The average Bonchev–Trinajstić information content (AvgIpc) is 2.71. The van der Waals surface area contributed by atoms with Gasteiger partial charge >= 0.3 is 11.7 Å². The lowest BCUT2D eigenvalue weighted by Crippen LogP contribution is -2.48. The molecular formula is C20H24N2O6. The highest BCUT2D eigenvalue weighted by Crippen LogP contribution is 2.20. The highest BCUT2D eigenvalue weighted by Gasteiger charge is 2.28. The van der Waals surface area contributed by atoms with Crippen molar-refractivity contribution in [2.24, 2.45) is 0 Å². The van der Waals surface area contributed by atoms with Gasteiger partial charge in [0.2, 0.25) is 0 Å². The largest absolute Gasteiger partial charge is 0.484 e. The number of piperidine rings is 1. The summed E-state index contributed by atoms with van der Waals surface area (Å²) in [6.07, 6.45) is 1.06. The molecule has 0 N–H and O–H groups in total. The summed E-state index contributed by atoms with van der Waals surface area (Å²) in [4.78, 5) is 38.9. The van der Waals surface area contributed by atoms with Crippen LogP contribution in [0, 0.1) is 0 Å². The normalized spacial score (nSPS) is 14.7. The van der Waals surface area contributed by atoms with E-state index in [9.17, 15) is 14.4 Å². The van der Waals surface area contributed by atoms with Crippen LogP contribution in [-0.4, -0.2) is 61.2 Å². The number of hydrogen-bond donors (Lipinski definition) is 0. The van der Waals surface area contributed by atoms with E-state index in [1.54, 1.807) is 48.0 Å². The lowest BCUT2D eigenvalue weighted by Gasteiger charge is -2.36. The van der Waals surface area contributed by atoms with E-state index in [2.05, 4.69) is 0 Å². The average molecular weight is 388 g/mol. The molecule has 0 saturated carbocycles. The highest BCUT2D eigenvalue weighted by molar-refractivity contribution is 5.79. The summed E-state index contributed by atoms with van der Waals surface area (Å²) >= 11 is 0. The molecule has 1 saturated heterocycles. The lowest BCUT2D eigenvalue weighted by atomic mass is 10.0. The Morgan fingerprint density at radius 3 is 2.64 bits per heavy atom. The van der Waals surface area contributed by atoms with E-state index < -0.39 is 5.63 Å². The van der Waals surface area contributed by atoms with Gasteiger partial charge in [-0.2, -0.15) is 0 Å². The van der Waals surface area contributed by atoms with Crippen molar-refractivity contribution in [3.05, 3.63) is 40.8 Å². The van der Waals surface area contributed by atoms with Crippen LogP contribution < -0.4 is 10.4 Å². The fraction of sp³-hybridized carbons (Fsp3) is 0.450. The molecule has 3 rings (SSSR count). The van der Waals surface area contributed by atoms with Crippen LogP contribution in [0.2, 0.25) is 0 Å². The van der Waals surface area contributed by atoms with Gasteiger partial charge in [0.25, 0.3) is 5.91 Å². The predicted molar refractivity (Wildman–Crippen MR) is 102 cm³/mol. The Morgan fingerprint density at radius 2 is 1.93 bits per heavy atom. The number of likely N-dealkylation sites (tertiary alicyclic amines) is 1. The quantitative estimate of drug-likeness (QED) is 0.730. The maximum absolute atomic E-state index is 12.4. The van der Waals surface area contributed by atoms with Gasteiger partial charge in [0.05, 0.1) is 6.61 Å². The minimum Gasteiger partial charge on any atom is -0.484 e. The first kappa shape index (κ1) is 19.7. The zero-order valence-electron chi connectivity index (χ0n) is 16.1. The molecule has 1 aromatic heterocycles. The number of benzene rings is 1. The molecule has 8 heteroatoms. The Kier molecular flexibility index (Phi) is 6.18. The summed E-state index contributed by atoms with van der Waals surface area (Å²) in [7, 11) is 1.72. The van der Waals surface area contributed by atoms with Crippen LogP contribution in [0.5, 0.6) is 5.75 Å². The van der Waals surface area contributed by atoms with Gasteiger partial charge in [0.1, 0.15) is 11.3 Å². The molecule has 150 valence electrons. The number of rotatable bonds is 5. The molecule has 28 heavy (non-hydrogen) atoms. The van der Waals surface area contributed by atoms with Gasteiger partial charge in [-0.05, 0) is 38.0 Å². The van der Waals surface area contributed by atoms with E-state index >= 15 is 0 Å². The molecule has 1 aliphatic heterocycles. The Bertz CT molecular complexity index is 901. The number of carbonyl (C=O) groups excluding carboxylic acids is 2. The van der Waals surface area contributed by atoms with Gasteiger partial charge in [0, 0.05) is 43.7 Å². The Hall–Kier alpha value is -3.03. The van der Waals surface area contributed by atoms with Crippen molar-refractivity contribution in [3.63, 3.8) is 0 Å². The third-order valence-electron chi connectivity index (χ3n) is 4.88. The van der Waals surface area contributed by atoms with Crippen molar-refractivity contribution < 1.29 is 23.5 Å². The standard InChI is InChI=1S/C20H24N2O6/c1-3-26-20(25)21(2)15-8-10-22(11-9-15)18(23)13-27-16-6-4-14-5-7-19(24)28-17(14)12-16/h4-7,12,15H,3,8-11,13H2,1-2H3. The minimum atomic E-state index is -0.434. The second kappa shape index (κ2) is 8.77. The highest BCUT2D eigenvalue weighted by atomic mass is 16.6. The van der Waals surface area contributed by atoms with E-state index in [4.69, 9.17) is 13.9 Å². The molecule has 0 unspecified atom stereocenters. The molecule has 0 aliphatic carbocycles. The molecule has 0 bridgehead atoms. The van der Waals surface area contributed by atoms with Crippen molar-refractivity contribution in [1.82, 2.24) is 9.80 Å². The van der Waals surface area contributed by atoms with E-state index in [0.717, 1.165) is 5.39 Å². The number of fused-ring (bicyclic) bond motifs is 1. The predicted octanol–water partition coefficient (Wildman–Crippen LogP) is 2.25. The first-order valence-electron chi connectivity index (χ1n) is 9.32. The molecular weight excluding hydrogens is 364 g/mol. The van der Waals surface area contributed by atoms with Crippen LogP contribution in [0.25, 0.3) is 11.0 Å². The van der Waals surface area contributed by atoms with E-state index in [0.29, 0.717) is 43.9 Å². The van der Waals surface area contributed by atoms with Gasteiger partial charge in [-0.1, -0.05) is 0 Å². The number of amides is 2. The maximum Gasteiger partial charge on any atom is 0.409 e. The van der Waals surface area contributed by atoms with Gasteiger partial charge in [-0.15, -0.1) is 0 Å². The maximum atomic E-state index is 12.4. The number of nitrogens with zero attached hydrogens (tertiary/aromatic N) is 2. The fourth-order valence-electron chi connectivity index (χ4n) is 3.24. The van der Waals surface area contributed by atoms with Crippen LogP contribution in [0.15, 0.2) is 39.5 Å². The summed E-state index contributed by atoms with van der Waals surface area (Å²) < 4.78 is 15.7. The van der Waals surface area contributed by atoms with Gasteiger partial charge < -0.3 is 23.7 Å². The zero-order valence-corrected chi connectivity index (χ0v) is 16.1. The summed E-state index contributed by atoms with van der Waals surface area (Å²) in [5.74, 6) is 0.346. The first-order valence-corrected chi connectivity index (χ1v) is 9.32. The van der Waals surface area contributed by atoms with Crippen LogP contribution in [0.1, 0.15) is 19.8 Å². The van der Waals surface area contributed by atoms with Crippen molar-refractivity contribution in [2.75, 3.05) is 33.4 Å². The fourth-order valence-corrected chi connectivity index (χ4v) is 3.24. The smallest absolute Gasteiger partial charge is 0.409 e. The molecule has 0 atom stereocenters. The van der Waals surface area contributed by atoms with E-state index in [1.165, 1.54) is 6.07 Å². The molecule has 1 aromatic carbocycles. The van der Waals surface area contributed by atoms with E-state index in [-0.39, 0.29) is 24.6 Å². The van der Waals surface area contributed by atoms with Crippen LogP contribution in [-0.2, 0) is 9.53 Å². The van der Waals surface area contributed by atoms with Gasteiger partial charge in [-0.25, -0.2) is 9.59 Å². The number of carbonyl (C=O) groups is 2. The molecule has 1 aliphatic rings. The summed E-state index contributed by atoms with van der Waals surface area (Å²) in [5, 5.41) is 0.783. The van der Waals surface area contributed by atoms with E-state index in [1.807, 2.05) is 0 Å². The van der Waals surface area contributed by atoms with Crippen molar-refractivity contribution in [2.45, 2.75) is 25.8 Å². The molecule has 2 heterocycles. The molecule has 2 aromatic rings. The summed E-state index contributed by atoms with van der Waals surface area (Å²) in [5.41, 5.74) is -0.0170. The third kappa shape index (κ3) is 4.62. The van der Waals surface area contributed by atoms with Gasteiger partial charge in [0.15, 0.2) is 6.61 Å². The Balaban J connectivity index is 1.51. The SMILES string of the molecule is CCOC(=O)N(C)C1CCN(C(=O)COc2ccc3ccc(=O)oc3c2)CC1. The Morgan fingerprint density at radius 1 is 1.21 bits per heavy atom.